The highest BCUT2D eigenvalue weighted by Crippen LogP contribution is 2.43. The predicted molar refractivity (Wildman–Crippen MR) is 117 cm³/mol. The Kier molecular flexibility index (Phi) is 6.00. The first-order chi connectivity index (χ1) is 15.8. The lowest BCUT2D eigenvalue weighted by Gasteiger charge is -2.23. The van der Waals surface area contributed by atoms with E-state index in [9.17, 15) is 23.5 Å². The van der Waals surface area contributed by atoms with Crippen molar-refractivity contribution in [2.75, 3.05) is 11.5 Å². The molecule has 1 saturated heterocycles. The number of aliphatic hydroxyl groups excluding tert-OH is 1. The molecule has 1 unspecified atom stereocenters. The van der Waals surface area contributed by atoms with Gasteiger partial charge < -0.3 is 14.3 Å². The summed E-state index contributed by atoms with van der Waals surface area (Å²) >= 11 is 0. The van der Waals surface area contributed by atoms with Crippen molar-refractivity contribution < 1.29 is 32.6 Å². The van der Waals surface area contributed by atoms with Gasteiger partial charge in [-0.1, -0.05) is 6.92 Å². The van der Waals surface area contributed by atoms with Gasteiger partial charge in [0, 0.05) is 11.6 Å². The average molecular weight is 453 g/mol. The molecule has 1 aliphatic heterocycles. The van der Waals surface area contributed by atoms with E-state index in [-0.39, 0.29) is 16.9 Å². The quantitative estimate of drug-likeness (QED) is 0.312. The van der Waals surface area contributed by atoms with Gasteiger partial charge in [-0.15, -0.1) is 0 Å². The molecule has 0 spiro atoms. The number of rotatable bonds is 6. The fraction of sp³-hybridized carbons (Fsp3) is 0.200. The molecule has 1 fully saturated rings. The van der Waals surface area contributed by atoms with E-state index in [1.165, 1.54) is 6.07 Å². The van der Waals surface area contributed by atoms with Crippen LogP contribution in [0.3, 0.4) is 0 Å². The molecule has 3 aromatic rings. The minimum Gasteiger partial charge on any atom is -0.507 e. The Balaban J connectivity index is 1.86. The Bertz CT molecular complexity index is 1250. The molecular weight excluding hydrogens is 432 g/mol. The highest BCUT2D eigenvalue weighted by atomic mass is 19.1. The molecule has 1 aliphatic rings. The lowest BCUT2D eigenvalue weighted by atomic mass is 9.99. The maximum absolute atomic E-state index is 14.6. The Morgan fingerprint density at radius 3 is 2.45 bits per heavy atom. The summed E-state index contributed by atoms with van der Waals surface area (Å²) in [4.78, 5) is 26.8. The van der Waals surface area contributed by atoms with Gasteiger partial charge in [-0.25, -0.2) is 8.78 Å². The van der Waals surface area contributed by atoms with Gasteiger partial charge in [0.15, 0.2) is 0 Å². The van der Waals surface area contributed by atoms with Gasteiger partial charge >= 0.3 is 0 Å². The number of nitrogens with zero attached hydrogens (tertiary/aromatic N) is 1. The van der Waals surface area contributed by atoms with Crippen molar-refractivity contribution in [3.8, 4) is 5.75 Å². The molecule has 2 aromatic carbocycles. The number of hydrogen-bond acceptors (Lipinski definition) is 5. The van der Waals surface area contributed by atoms with Crippen molar-refractivity contribution in [3.05, 3.63) is 88.9 Å². The second kappa shape index (κ2) is 8.90. The van der Waals surface area contributed by atoms with Crippen molar-refractivity contribution in [2.45, 2.75) is 26.3 Å². The van der Waals surface area contributed by atoms with Crippen LogP contribution >= 0.6 is 0 Å². The summed E-state index contributed by atoms with van der Waals surface area (Å²) in [5.74, 6) is -3.12. The van der Waals surface area contributed by atoms with Crippen LogP contribution in [0.25, 0.3) is 5.76 Å². The summed E-state index contributed by atoms with van der Waals surface area (Å²) in [7, 11) is 0. The molecular formula is C25H21F2NO5. The Morgan fingerprint density at radius 1 is 1.09 bits per heavy atom. The molecule has 170 valence electrons. The summed E-state index contributed by atoms with van der Waals surface area (Å²) < 4.78 is 39.7. The number of benzene rings is 2. The van der Waals surface area contributed by atoms with Crippen LogP contribution in [0.2, 0.25) is 0 Å². The van der Waals surface area contributed by atoms with Crippen LogP contribution in [0.5, 0.6) is 5.75 Å². The van der Waals surface area contributed by atoms with Crippen LogP contribution in [-0.2, 0) is 9.59 Å². The molecule has 4 rings (SSSR count). The van der Waals surface area contributed by atoms with Crippen molar-refractivity contribution in [3.63, 3.8) is 0 Å². The van der Waals surface area contributed by atoms with E-state index in [2.05, 4.69) is 0 Å². The molecule has 2 heterocycles. The van der Waals surface area contributed by atoms with E-state index in [4.69, 9.17) is 9.15 Å². The molecule has 8 heteroatoms. The Labute approximate surface area is 188 Å². The van der Waals surface area contributed by atoms with Gasteiger partial charge in [0.1, 0.15) is 40.7 Å². The van der Waals surface area contributed by atoms with Crippen molar-refractivity contribution in [1.29, 1.82) is 0 Å². The second-order valence-corrected chi connectivity index (χ2v) is 7.59. The summed E-state index contributed by atoms with van der Waals surface area (Å²) in [6.07, 6.45) is 0.824. The van der Waals surface area contributed by atoms with Gasteiger partial charge in [-0.2, -0.15) is 0 Å². The fourth-order valence-electron chi connectivity index (χ4n) is 3.71. The minimum atomic E-state index is -1.29. The van der Waals surface area contributed by atoms with Gasteiger partial charge in [0.05, 0.1) is 17.9 Å². The fourth-order valence-corrected chi connectivity index (χ4v) is 3.71. The molecule has 0 saturated carbocycles. The number of amides is 1. The number of anilines is 1. The number of Topliss-reactive ketones (excluding diaryl/α,β-unsaturated/α-hetero) is 1. The highest BCUT2D eigenvalue weighted by Gasteiger charge is 2.49. The largest absolute Gasteiger partial charge is 0.507 e. The Hall–Kier alpha value is -3.94. The van der Waals surface area contributed by atoms with Gasteiger partial charge in [-0.05, 0) is 61.9 Å². The molecule has 0 aliphatic carbocycles. The standard InChI is InChI=1S/C25H21F2NO5/c1-3-12-32-17-8-5-15(6-9-17)23(29)21-22(20-11-4-14(2)33-20)28(25(31)24(21)30)19-13-16(26)7-10-18(19)27/h4-11,13,22,29H,3,12H2,1-2H3/b23-21-. The lowest BCUT2D eigenvalue weighted by molar-refractivity contribution is -0.132. The molecule has 33 heavy (non-hydrogen) atoms. The van der Waals surface area contributed by atoms with E-state index in [1.54, 1.807) is 37.3 Å². The minimum absolute atomic E-state index is 0.125. The van der Waals surface area contributed by atoms with Crippen molar-refractivity contribution >= 4 is 23.1 Å². The molecule has 1 atom stereocenters. The zero-order chi connectivity index (χ0) is 23.7. The first-order valence-electron chi connectivity index (χ1n) is 10.4. The number of halogens is 2. The zero-order valence-electron chi connectivity index (χ0n) is 18.0. The second-order valence-electron chi connectivity index (χ2n) is 7.59. The van der Waals surface area contributed by atoms with E-state index in [1.807, 2.05) is 6.92 Å². The molecule has 1 amide bonds. The third-order valence-corrected chi connectivity index (χ3v) is 5.24. The average Bonchev–Trinajstić information content (AvgIpc) is 3.34. The van der Waals surface area contributed by atoms with Crippen LogP contribution < -0.4 is 9.64 Å². The number of ether oxygens (including phenoxy) is 1. The number of carbonyl (C=O) groups is 2. The van der Waals surface area contributed by atoms with Crippen molar-refractivity contribution in [1.82, 2.24) is 0 Å². The molecule has 1 aromatic heterocycles. The monoisotopic (exact) mass is 453 g/mol. The summed E-state index contributed by atoms with van der Waals surface area (Å²) in [6.45, 7) is 4.15. The number of aryl methyl sites for hydroxylation is 1. The summed E-state index contributed by atoms with van der Waals surface area (Å²) in [5, 5.41) is 11.0. The molecule has 0 bridgehead atoms. The van der Waals surface area contributed by atoms with E-state index in [0.717, 1.165) is 29.5 Å². The number of carbonyl (C=O) groups excluding carboxylic acids is 2. The number of ketones is 1. The SMILES string of the molecule is CCCOc1ccc(/C(O)=C2/C(=O)C(=O)N(c3cc(F)ccc3F)C2c2ccc(C)o2)cc1. The topological polar surface area (TPSA) is 80.0 Å². The maximum Gasteiger partial charge on any atom is 0.300 e. The number of aliphatic hydroxyl groups is 1. The van der Waals surface area contributed by atoms with Crippen LogP contribution in [0.15, 0.2) is 64.6 Å². The smallest absolute Gasteiger partial charge is 0.300 e. The van der Waals surface area contributed by atoms with Gasteiger partial charge in [0.2, 0.25) is 0 Å². The van der Waals surface area contributed by atoms with Gasteiger partial charge in [0.25, 0.3) is 11.7 Å². The number of hydrogen-bond donors (Lipinski definition) is 1. The Morgan fingerprint density at radius 2 is 1.82 bits per heavy atom. The number of furan rings is 1. The van der Waals surface area contributed by atoms with Crippen LogP contribution in [-0.4, -0.2) is 23.4 Å². The third-order valence-electron chi connectivity index (χ3n) is 5.24. The summed E-state index contributed by atoms with van der Waals surface area (Å²) in [5.41, 5.74) is -0.469. The predicted octanol–water partition coefficient (Wildman–Crippen LogP) is 5.28. The first-order valence-corrected chi connectivity index (χ1v) is 10.4. The molecule has 0 radical (unpaired) electrons. The van der Waals surface area contributed by atoms with Crippen LogP contribution in [0.1, 0.15) is 36.5 Å². The lowest BCUT2D eigenvalue weighted by Crippen LogP contribution is -2.30. The van der Waals surface area contributed by atoms with Crippen LogP contribution in [0, 0.1) is 18.6 Å². The summed E-state index contributed by atoms with van der Waals surface area (Å²) in [6, 6.07) is 10.8. The zero-order valence-corrected chi connectivity index (χ0v) is 18.0. The van der Waals surface area contributed by atoms with E-state index in [0.29, 0.717) is 18.1 Å². The third kappa shape index (κ3) is 4.11. The first kappa shape index (κ1) is 22.3. The van der Waals surface area contributed by atoms with Crippen molar-refractivity contribution in [2.24, 2.45) is 0 Å². The molecule has 1 N–H and O–H groups in total. The maximum atomic E-state index is 14.6. The highest BCUT2D eigenvalue weighted by molar-refractivity contribution is 6.51. The van der Waals surface area contributed by atoms with Crippen LogP contribution in [0.4, 0.5) is 14.5 Å². The molecule has 6 nitrogen and oxygen atoms in total. The van der Waals surface area contributed by atoms with Gasteiger partial charge in [-0.3, -0.25) is 14.5 Å². The normalized spacial score (nSPS) is 17.6. The van der Waals surface area contributed by atoms with E-state index < -0.39 is 40.8 Å². The van der Waals surface area contributed by atoms with E-state index >= 15 is 0 Å².